The molecule has 7 heteroatoms. The summed E-state index contributed by atoms with van der Waals surface area (Å²) in [5.74, 6) is 0.133. The predicted molar refractivity (Wildman–Crippen MR) is 114 cm³/mol. The van der Waals surface area contributed by atoms with Gasteiger partial charge in [-0.3, -0.25) is 4.79 Å². The third-order valence-electron chi connectivity index (χ3n) is 4.28. The number of nitrogens with one attached hydrogen (secondary N) is 3. The lowest BCUT2D eigenvalue weighted by Gasteiger charge is -2.22. The molecule has 1 heterocycles. The van der Waals surface area contributed by atoms with Crippen LogP contribution in [0.3, 0.4) is 0 Å². The molecule has 0 bridgehead atoms. The van der Waals surface area contributed by atoms with E-state index in [1.807, 2.05) is 30.3 Å². The largest absolute Gasteiger partial charge is 0.379 e. The third-order valence-corrected chi connectivity index (χ3v) is 4.51. The Bertz CT molecular complexity index is 692. The van der Waals surface area contributed by atoms with E-state index in [1.165, 1.54) is 5.56 Å². The Hall–Kier alpha value is -1.46. The molecule has 26 heavy (non-hydrogen) atoms. The van der Waals surface area contributed by atoms with Gasteiger partial charge in [0.1, 0.15) is 0 Å². The van der Waals surface area contributed by atoms with Gasteiger partial charge in [-0.15, -0.1) is 24.8 Å². The smallest absolute Gasteiger partial charge is 0.227 e. The van der Waals surface area contributed by atoms with Crippen LogP contribution in [0.4, 0.5) is 11.4 Å². The fourth-order valence-electron chi connectivity index (χ4n) is 2.89. The average Bonchev–Trinajstić information content (AvgIpc) is 2.62. The molecule has 0 aromatic heterocycles. The van der Waals surface area contributed by atoms with Gasteiger partial charge >= 0.3 is 0 Å². The summed E-state index contributed by atoms with van der Waals surface area (Å²) in [6.07, 6.45) is 1.75. The van der Waals surface area contributed by atoms with Crippen molar-refractivity contribution in [3.8, 4) is 0 Å². The number of benzene rings is 2. The third kappa shape index (κ3) is 6.36. The summed E-state index contributed by atoms with van der Waals surface area (Å²) < 4.78 is 0. The van der Waals surface area contributed by atoms with E-state index in [2.05, 4.69) is 28.1 Å². The summed E-state index contributed by atoms with van der Waals surface area (Å²) in [6, 6.07) is 15.7. The average molecular weight is 417 g/mol. The molecular weight excluding hydrogens is 393 g/mol. The van der Waals surface area contributed by atoms with Crippen LogP contribution >= 0.6 is 36.4 Å². The first-order valence-electron chi connectivity index (χ1n) is 8.31. The molecule has 1 saturated heterocycles. The van der Waals surface area contributed by atoms with E-state index in [1.54, 1.807) is 6.07 Å². The van der Waals surface area contributed by atoms with E-state index >= 15 is 0 Å². The first kappa shape index (κ1) is 22.6. The van der Waals surface area contributed by atoms with Crippen molar-refractivity contribution in [2.45, 2.75) is 19.4 Å². The number of hydrogen-bond donors (Lipinski definition) is 3. The molecule has 142 valence electrons. The first-order valence-corrected chi connectivity index (χ1v) is 8.69. The molecule has 3 rings (SSSR count). The van der Waals surface area contributed by atoms with Gasteiger partial charge in [0.25, 0.3) is 0 Å². The summed E-state index contributed by atoms with van der Waals surface area (Å²) in [6.45, 7) is 2.48. The minimum Gasteiger partial charge on any atom is -0.379 e. The number of amides is 1. The lowest BCUT2D eigenvalue weighted by Crippen LogP contribution is -2.34. The maximum absolute atomic E-state index is 12.5. The van der Waals surface area contributed by atoms with Crippen LogP contribution in [0.15, 0.2) is 48.5 Å². The Balaban J connectivity index is 0.00000169. The van der Waals surface area contributed by atoms with Crippen molar-refractivity contribution in [2.75, 3.05) is 23.7 Å². The molecule has 1 aliphatic heterocycles. The zero-order valence-electron chi connectivity index (χ0n) is 14.3. The Morgan fingerprint density at radius 1 is 1.04 bits per heavy atom. The van der Waals surface area contributed by atoms with Gasteiger partial charge in [0.2, 0.25) is 5.91 Å². The second-order valence-electron chi connectivity index (χ2n) is 6.04. The number of anilines is 2. The van der Waals surface area contributed by atoms with Crippen molar-refractivity contribution in [3.63, 3.8) is 0 Å². The topological polar surface area (TPSA) is 53.2 Å². The van der Waals surface area contributed by atoms with Crippen LogP contribution in [0.5, 0.6) is 0 Å². The maximum Gasteiger partial charge on any atom is 0.227 e. The second-order valence-corrected chi connectivity index (χ2v) is 6.48. The summed E-state index contributed by atoms with van der Waals surface area (Å²) in [5.41, 5.74) is 2.80. The van der Waals surface area contributed by atoms with Crippen molar-refractivity contribution >= 4 is 53.7 Å². The minimum absolute atomic E-state index is 0. The van der Waals surface area contributed by atoms with Gasteiger partial charge in [-0.25, -0.2) is 0 Å². The van der Waals surface area contributed by atoms with Crippen molar-refractivity contribution < 1.29 is 4.79 Å². The van der Waals surface area contributed by atoms with Crippen molar-refractivity contribution in [1.82, 2.24) is 5.32 Å². The zero-order chi connectivity index (χ0) is 16.8. The summed E-state index contributed by atoms with van der Waals surface area (Å²) in [7, 11) is 0. The molecule has 1 amide bonds. The summed E-state index contributed by atoms with van der Waals surface area (Å²) in [5, 5.41) is 10.3. The molecule has 2 aromatic carbocycles. The predicted octanol–water partition coefficient (Wildman–Crippen LogP) is 4.73. The van der Waals surface area contributed by atoms with E-state index in [4.69, 9.17) is 11.6 Å². The normalized spacial score (nSPS) is 13.9. The lowest BCUT2D eigenvalue weighted by molar-refractivity contribution is -0.120. The number of hydrogen-bond acceptors (Lipinski definition) is 3. The van der Waals surface area contributed by atoms with E-state index in [0.717, 1.165) is 37.3 Å². The number of carbonyl (C=O) groups is 1. The molecule has 0 saturated carbocycles. The highest BCUT2D eigenvalue weighted by Crippen LogP contribution is 2.27. The van der Waals surface area contributed by atoms with Crippen molar-refractivity contribution in [1.29, 1.82) is 0 Å². The minimum atomic E-state index is 0. The monoisotopic (exact) mass is 415 g/mol. The van der Waals surface area contributed by atoms with E-state index in [0.29, 0.717) is 11.6 Å². The number of carbonyl (C=O) groups excluding carboxylic acids is 1. The molecule has 1 aliphatic rings. The van der Waals surface area contributed by atoms with Crippen LogP contribution in [-0.4, -0.2) is 19.0 Å². The van der Waals surface area contributed by atoms with Crippen LogP contribution in [-0.2, 0) is 11.3 Å². The van der Waals surface area contributed by atoms with E-state index in [-0.39, 0.29) is 36.6 Å². The fraction of sp³-hybridized carbons (Fsp3) is 0.316. The highest BCUT2D eigenvalue weighted by Gasteiger charge is 2.21. The van der Waals surface area contributed by atoms with Crippen LogP contribution in [0.2, 0.25) is 5.02 Å². The fourth-order valence-corrected chi connectivity index (χ4v) is 3.06. The molecule has 3 N–H and O–H groups in total. The van der Waals surface area contributed by atoms with Gasteiger partial charge in [0.05, 0.1) is 11.4 Å². The Morgan fingerprint density at radius 3 is 2.42 bits per heavy atom. The quantitative estimate of drug-likeness (QED) is 0.660. The second kappa shape index (κ2) is 11.3. The van der Waals surface area contributed by atoms with Crippen LogP contribution in [0, 0.1) is 5.92 Å². The number of halogens is 3. The SMILES string of the molecule is Cl.Cl.O=C(Nc1cc(Cl)ccc1NCc1ccccc1)C1CCNCC1. The molecule has 0 atom stereocenters. The standard InChI is InChI=1S/C19H22ClN3O.2ClH/c20-16-6-7-17(22-13-14-4-2-1-3-5-14)18(12-16)23-19(24)15-8-10-21-11-9-15;;/h1-7,12,15,21-22H,8-11,13H2,(H,23,24);2*1H. The van der Waals surface area contributed by atoms with E-state index < -0.39 is 0 Å². The van der Waals surface area contributed by atoms with Gasteiger partial charge in [-0.05, 0) is 49.7 Å². The Morgan fingerprint density at radius 2 is 1.73 bits per heavy atom. The maximum atomic E-state index is 12.5. The van der Waals surface area contributed by atoms with Crippen LogP contribution in [0.25, 0.3) is 0 Å². The first-order chi connectivity index (χ1) is 11.7. The lowest BCUT2D eigenvalue weighted by atomic mass is 9.97. The van der Waals surface area contributed by atoms with Gasteiger partial charge in [-0.2, -0.15) is 0 Å². The molecule has 0 aliphatic carbocycles. The molecule has 1 fully saturated rings. The Labute approximate surface area is 171 Å². The van der Waals surface area contributed by atoms with Gasteiger partial charge in [-0.1, -0.05) is 41.9 Å². The van der Waals surface area contributed by atoms with Gasteiger partial charge in [0.15, 0.2) is 0 Å². The van der Waals surface area contributed by atoms with Gasteiger partial charge in [0, 0.05) is 17.5 Å². The highest BCUT2D eigenvalue weighted by atomic mass is 35.5. The molecule has 0 spiro atoms. The summed E-state index contributed by atoms with van der Waals surface area (Å²) >= 11 is 6.11. The summed E-state index contributed by atoms with van der Waals surface area (Å²) in [4.78, 5) is 12.5. The Kier molecular flexibility index (Phi) is 9.81. The number of piperidine rings is 1. The van der Waals surface area contributed by atoms with Gasteiger partial charge < -0.3 is 16.0 Å². The molecular formula is C19H24Cl3N3O. The van der Waals surface area contributed by atoms with E-state index in [9.17, 15) is 4.79 Å². The molecule has 0 radical (unpaired) electrons. The molecule has 2 aromatic rings. The van der Waals surface area contributed by atoms with Crippen molar-refractivity contribution in [2.24, 2.45) is 5.92 Å². The molecule has 0 unspecified atom stereocenters. The zero-order valence-corrected chi connectivity index (χ0v) is 16.7. The van der Waals surface area contributed by atoms with Crippen LogP contribution < -0.4 is 16.0 Å². The highest BCUT2D eigenvalue weighted by molar-refractivity contribution is 6.31. The molecule has 4 nitrogen and oxygen atoms in total. The van der Waals surface area contributed by atoms with Crippen molar-refractivity contribution in [3.05, 3.63) is 59.1 Å². The van der Waals surface area contributed by atoms with Crippen LogP contribution in [0.1, 0.15) is 18.4 Å². The number of rotatable bonds is 5.